The number of aliphatic hydroxyl groups is 3. The van der Waals surface area contributed by atoms with Crippen LogP contribution < -0.4 is 14.2 Å². The van der Waals surface area contributed by atoms with Gasteiger partial charge in [-0.3, -0.25) is 0 Å². The fourth-order valence-electron chi connectivity index (χ4n) is 14.3. The van der Waals surface area contributed by atoms with E-state index >= 15 is 0 Å². The van der Waals surface area contributed by atoms with Gasteiger partial charge in [0.25, 0.3) is 0 Å². The second-order valence-corrected chi connectivity index (χ2v) is 26.7. The zero-order valence-corrected chi connectivity index (χ0v) is 58.7. The van der Waals surface area contributed by atoms with Crippen LogP contribution in [0.5, 0.6) is 17.2 Å². The predicted molar refractivity (Wildman–Crippen MR) is 361 cm³/mol. The maximum atomic E-state index is 14.6. The Morgan fingerprint density at radius 3 is 1.77 bits per heavy atom. The monoisotopic (exact) mass is 1430 g/mol. The van der Waals surface area contributed by atoms with Crippen LogP contribution >= 0.6 is 0 Å². The van der Waals surface area contributed by atoms with Gasteiger partial charge in [0.05, 0.1) is 59.0 Å². The molecule has 26 heteroatoms. The number of carbonyl (C=O) groups excluding carboxylic acids is 1. The maximum absolute atomic E-state index is 14.6. The van der Waals surface area contributed by atoms with Gasteiger partial charge in [0.2, 0.25) is 0 Å². The Morgan fingerprint density at radius 2 is 1.14 bits per heavy atom. The molecule has 0 aromatic heterocycles. The molecule has 7 aliphatic rings. The molecule has 23 atom stereocenters. The first-order chi connectivity index (χ1) is 50.0. The Labute approximate surface area is 598 Å². The van der Waals surface area contributed by atoms with Crippen molar-refractivity contribution in [3.8, 4) is 17.2 Å². The number of rotatable bonds is 28. The Morgan fingerprint density at radius 1 is 0.544 bits per heavy atom. The molecule has 0 amide bonds. The molecule has 0 aliphatic carbocycles. The lowest BCUT2D eigenvalue weighted by Crippen LogP contribution is -2.68. The van der Waals surface area contributed by atoms with Crippen molar-refractivity contribution >= 4 is 5.97 Å². The number of fused-ring (bicyclic) bond motifs is 3. The van der Waals surface area contributed by atoms with Crippen molar-refractivity contribution in [2.24, 2.45) is 0 Å². The number of hydrogen-bond acceptors (Lipinski definition) is 26. The quantitative estimate of drug-likeness (QED) is 0.0411. The summed E-state index contributed by atoms with van der Waals surface area (Å²) in [6, 6.07) is 49.1. The molecule has 3 N–H and O–H groups in total. The van der Waals surface area contributed by atoms with Gasteiger partial charge in [-0.2, -0.15) is 0 Å². The predicted octanol–water partition coefficient (Wildman–Crippen LogP) is 7.16. The van der Waals surface area contributed by atoms with Gasteiger partial charge in [0.15, 0.2) is 37.4 Å². The number of esters is 1. The molecule has 0 bridgehead atoms. The highest BCUT2D eigenvalue weighted by Crippen LogP contribution is 2.47. The topological polar surface area (TPSA) is 281 Å². The van der Waals surface area contributed by atoms with E-state index in [0.29, 0.717) is 23.7 Å². The van der Waals surface area contributed by atoms with Gasteiger partial charge in [0.1, 0.15) is 128 Å². The third kappa shape index (κ3) is 16.8. The summed E-state index contributed by atoms with van der Waals surface area (Å²) < 4.78 is 142. The maximum Gasteiger partial charge on any atom is 0.342 e. The van der Waals surface area contributed by atoms with Gasteiger partial charge in [0, 0.05) is 27.4 Å². The van der Waals surface area contributed by atoms with Gasteiger partial charge in [-0.1, -0.05) is 133 Å². The molecule has 13 rings (SSSR count). The molecular formula is C77H92O26. The normalized spacial score (nSPS) is 34.9. The second-order valence-electron chi connectivity index (χ2n) is 26.7. The third-order valence-corrected chi connectivity index (χ3v) is 19.6. The van der Waals surface area contributed by atoms with Crippen LogP contribution in [0.2, 0.25) is 0 Å². The summed E-state index contributed by atoms with van der Waals surface area (Å²) in [5.41, 5.74) is 3.14. The first-order valence-corrected chi connectivity index (χ1v) is 34.7. The molecule has 6 aromatic carbocycles. The number of aryl methyl sites for hydroxylation is 1. The van der Waals surface area contributed by atoms with Crippen molar-refractivity contribution in [2.75, 3.05) is 55.1 Å². The second kappa shape index (κ2) is 33.9. The highest BCUT2D eigenvalue weighted by molar-refractivity contribution is 5.94. The highest BCUT2D eigenvalue weighted by Gasteiger charge is 2.67. The van der Waals surface area contributed by atoms with E-state index in [0.717, 1.165) is 27.8 Å². The highest BCUT2D eigenvalue weighted by atomic mass is 16.9. The summed E-state index contributed by atoms with van der Waals surface area (Å²) in [4.78, 5) is 14.6. The van der Waals surface area contributed by atoms with Gasteiger partial charge in [-0.25, -0.2) is 4.79 Å². The molecular weight excluding hydrogens is 1340 g/mol. The first kappa shape index (κ1) is 74.6. The van der Waals surface area contributed by atoms with Crippen LogP contribution in [0.25, 0.3) is 0 Å². The van der Waals surface area contributed by atoms with E-state index in [1.807, 2.05) is 133 Å². The van der Waals surface area contributed by atoms with Crippen molar-refractivity contribution in [2.45, 2.75) is 201 Å². The number of methoxy groups -OCH3 is 4. The zero-order chi connectivity index (χ0) is 71.8. The summed E-state index contributed by atoms with van der Waals surface area (Å²) in [6.45, 7) is 6.67. The summed E-state index contributed by atoms with van der Waals surface area (Å²) in [5.74, 6) is -1.17. The third-order valence-electron chi connectivity index (χ3n) is 19.6. The average Bonchev–Trinajstić information content (AvgIpc) is 1.64. The van der Waals surface area contributed by atoms with E-state index in [2.05, 4.69) is 0 Å². The van der Waals surface area contributed by atoms with Gasteiger partial charge < -0.3 is 120 Å². The van der Waals surface area contributed by atoms with Crippen LogP contribution in [0, 0.1) is 6.92 Å². The smallest absolute Gasteiger partial charge is 0.342 e. The lowest BCUT2D eigenvalue weighted by Gasteiger charge is -2.51. The fraction of sp³-hybridized carbons (Fsp3) is 0.519. The molecule has 7 saturated heterocycles. The average molecular weight is 1430 g/mol. The lowest BCUT2D eigenvalue weighted by molar-refractivity contribution is -0.406. The van der Waals surface area contributed by atoms with Crippen molar-refractivity contribution in [3.63, 3.8) is 0 Å². The standard InChI is InChI=1S/C77H92O26/c1-44-33-53(86-35-47-21-13-9-14-22-47)34-54(87-36-48-23-15-10-16-24-48)58(44)71(80)97-56-42-94-77(70-63(56)92-43-93-70)102-57-41-91-73(67(62(57)103-77)89-38-50-27-19-12-20-28-50)101-74-66(85-8)65(88-37-49-25-17-11-18-26-49)61(55(98-74)40-82-5)99-72-59(78)64(60(84-7)45(2)95-72)100-75-68(79)76(4,81)69(46(3)96-75)90-39-51-29-31-52(83-6)32-30-51/h9-34,45-46,55-57,59-70,72-75,78-79,81H,35-43H2,1-8H3/t45-,46-,55-,56-,57+,59-,60+,61-,62-,63+,64-,65+,66+,67-,68-,69-,70-,72+,73+,74+,75+,76-,77-/m1/s1. The molecule has 7 aliphatic heterocycles. The molecule has 0 saturated carbocycles. The van der Waals surface area contributed by atoms with E-state index in [-0.39, 0.29) is 64.4 Å². The zero-order valence-electron chi connectivity index (χ0n) is 58.7. The Kier molecular flexibility index (Phi) is 24.5. The van der Waals surface area contributed by atoms with E-state index < -0.39 is 146 Å². The summed E-state index contributed by atoms with van der Waals surface area (Å²) in [7, 11) is 5.98. The largest absolute Gasteiger partial charge is 0.497 e. The van der Waals surface area contributed by atoms with Crippen LogP contribution in [-0.2, 0) is 123 Å². The van der Waals surface area contributed by atoms with Crippen LogP contribution in [0.4, 0.5) is 0 Å². The summed E-state index contributed by atoms with van der Waals surface area (Å²) in [5, 5.41) is 36.4. The number of carbonyl (C=O) groups is 1. The minimum atomic E-state index is -1.92. The summed E-state index contributed by atoms with van der Waals surface area (Å²) >= 11 is 0. The van der Waals surface area contributed by atoms with Crippen LogP contribution in [0.15, 0.2) is 158 Å². The molecule has 26 nitrogen and oxygen atoms in total. The van der Waals surface area contributed by atoms with Gasteiger partial charge in [-0.05, 0) is 79.3 Å². The molecule has 0 unspecified atom stereocenters. The van der Waals surface area contributed by atoms with E-state index in [9.17, 15) is 20.1 Å². The van der Waals surface area contributed by atoms with Gasteiger partial charge in [-0.15, -0.1) is 0 Å². The first-order valence-electron chi connectivity index (χ1n) is 34.7. The molecule has 1 spiro atoms. The molecule has 0 radical (unpaired) electrons. The molecule has 7 fully saturated rings. The summed E-state index contributed by atoms with van der Waals surface area (Å²) in [6.07, 6.45) is -24.1. The van der Waals surface area contributed by atoms with E-state index in [4.69, 9.17) is 104 Å². The Hall–Kier alpha value is -6.65. The number of ether oxygens (including phenoxy) is 22. The van der Waals surface area contributed by atoms with E-state index in [1.165, 1.54) is 28.3 Å². The van der Waals surface area contributed by atoms with Crippen molar-refractivity contribution < 1.29 is 124 Å². The van der Waals surface area contributed by atoms with E-state index in [1.54, 1.807) is 52.1 Å². The number of hydrogen-bond donors (Lipinski definition) is 3. The SMILES string of the molecule is COC[C@H]1O[C@@H](O[C@@H]2OC[C@@H]3O[C@@]4(OC[C@@H](OC(=O)c5c(C)cc(OCc6ccccc6)cc5OCc5ccccc5)[C@@H]5OCO[C@H]54)O[C@H]3[C@H]2OCc2ccccc2)[C@@H](OC)[C@@H](OCc2ccccc2)[C@@H]1O[C@@H]1O[C@H](C)[C@H](OC)[C@H](O[C@@H]2O[C@H](C)[C@@H](OCc3ccc(OC)cc3)[C@](C)(O)[C@@H]2O)[C@H]1O. The van der Waals surface area contributed by atoms with Crippen molar-refractivity contribution in [1.82, 2.24) is 0 Å². The fourth-order valence-corrected chi connectivity index (χ4v) is 14.3. The molecule has 6 aromatic rings. The number of aliphatic hydroxyl groups excluding tert-OH is 2. The minimum Gasteiger partial charge on any atom is -0.497 e. The minimum absolute atomic E-state index is 0.0507. The molecule has 103 heavy (non-hydrogen) atoms. The Balaban J connectivity index is 0.724. The number of benzene rings is 6. The van der Waals surface area contributed by atoms with Gasteiger partial charge >= 0.3 is 11.9 Å². The van der Waals surface area contributed by atoms with Crippen LogP contribution in [0.1, 0.15) is 64.5 Å². The van der Waals surface area contributed by atoms with Crippen LogP contribution in [0.3, 0.4) is 0 Å². The lowest BCUT2D eigenvalue weighted by atomic mass is 9.86. The molecule has 7 heterocycles. The molecule has 556 valence electrons. The van der Waals surface area contributed by atoms with Crippen molar-refractivity contribution in [1.29, 1.82) is 0 Å². The Bertz CT molecular complexity index is 3640. The van der Waals surface area contributed by atoms with Crippen LogP contribution in [-0.4, -0.2) is 217 Å². The van der Waals surface area contributed by atoms with Crippen molar-refractivity contribution in [3.05, 3.63) is 197 Å².